The van der Waals surface area contributed by atoms with Crippen LogP contribution in [0.25, 0.3) is 0 Å². The first-order chi connectivity index (χ1) is 13.5. The summed E-state index contributed by atoms with van der Waals surface area (Å²) in [5.74, 6) is 2.74. The second kappa shape index (κ2) is 10.8. The Bertz CT molecular complexity index is 810. The fourth-order valence-electron chi connectivity index (χ4n) is 2.82. The number of anilines is 1. The van der Waals surface area contributed by atoms with Gasteiger partial charge in [-0.1, -0.05) is 49.6 Å². The molecule has 0 fully saturated rings. The van der Waals surface area contributed by atoms with E-state index in [1.807, 2.05) is 37.3 Å². The van der Waals surface area contributed by atoms with Gasteiger partial charge in [0.2, 0.25) is 11.8 Å². The number of rotatable bonds is 9. The number of benzene rings is 2. The van der Waals surface area contributed by atoms with Crippen LogP contribution < -0.4 is 15.0 Å². The quantitative estimate of drug-likeness (QED) is 0.682. The maximum Gasteiger partial charge on any atom is 0.249 e. The smallest absolute Gasteiger partial charge is 0.249 e. The van der Waals surface area contributed by atoms with Gasteiger partial charge in [0.15, 0.2) is 0 Å². The first-order valence-electron chi connectivity index (χ1n) is 9.32. The number of nitrogens with one attached hydrogen (secondary N) is 1. The number of hydrogen-bond donors (Lipinski definition) is 1. The molecule has 0 aromatic heterocycles. The predicted octanol–water partition coefficient (Wildman–Crippen LogP) is 3.19. The molecule has 0 spiro atoms. The minimum absolute atomic E-state index is 0.152. The van der Waals surface area contributed by atoms with Crippen LogP contribution in [0.5, 0.6) is 5.75 Å². The zero-order valence-corrected chi connectivity index (χ0v) is 16.4. The molecule has 0 aliphatic rings. The van der Waals surface area contributed by atoms with Crippen LogP contribution in [0.3, 0.4) is 0 Å². The number of carbonyl (C=O) groups is 2. The molecule has 5 heteroatoms. The number of nitrogens with zero attached hydrogens (tertiary/aromatic N) is 1. The Balaban J connectivity index is 2.02. The van der Waals surface area contributed by atoms with Crippen LogP contribution in [0.15, 0.2) is 54.6 Å². The molecule has 2 aromatic carbocycles. The average Bonchev–Trinajstić information content (AvgIpc) is 2.72. The number of likely N-dealkylation sites (N-methyl/N-ethyl adjacent to an activating group) is 1. The number of ether oxygens (including phenoxy) is 1. The van der Waals surface area contributed by atoms with Crippen LogP contribution in [-0.4, -0.2) is 31.5 Å². The van der Waals surface area contributed by atoms with Gasteiger partial charge in [-0.3, -0.25) is 9.59 Å². The monoisotopic (exact) mass is 378 g/mol. The largest absolute Gasteiger partial charge is 0.481 e. The molecule has 1 unspecified atom stereocenters. The molecule has 0 saturated carbocycles. The van der Waals surface area contributed by atoms with E-state index < -0.39 is 6.04 Å². The number of amides is 2. The molecule has 0 aliphatic carbocycles. The van der Waals surface area contributed by atoms with Crippen molar-refractivity contribution >= 4 is 17.5 Å². The third kappa shape index (κ3) is 6.17. The first-order valence-corrected chi connectivity index (χ1v) is 9.32. The highest BCUT2D eigenvalue weighted by Gasteiger charge is 2.24. The van der Waals surface area contributed by atoms with Crippen LogP contribution in [0.1, 0.15) is 25.3 Å². The molecule has 2 rings (SSSR count). The number of carbonyl (C=O) groups excluding carboxylic acids is 2. The average molecular weight is 378 g/mol. The van der Waals surface area contributed by atoms with E-state index in [0.29, 0.717) is 12.2 Å². The molecule has 0 bridgehead atoms. The third-order valence-corrected chi connectivity index (χ3v) is 4.29. The van der Waals surface area contributed by atoms with Crippen molar-refractivity contribution < 1.29 is 14.3 Å². The van der Waals surface area contributed by atoms with Gasteiger partial charge in [-0.05, 0) is 36.2 Å². The zero-order valence-electron chi connectivity index (χ0n) is 16.4. The summed E-state index contributed by atoms with van der Waals surface area (Å²) in [5.41, 5.74) is 1.63. The molecule has 146 valence electrons. The molecular weight excluding hydrogens is 352 g/mol. The molecule has 1 atom stereocenters. The van der Waals surface area contributed by atoms with E-state index in [9.17, 15) is 9.59 Å². The summed E-state index contributed by atoms with van der Waals surface area (Å²) in [6, 6.07) is 16.0. The molecular formula is C23H26N2O3. The minimum atomic E-state index is -0.566. The highest BCUT2D eigenvalue weighted by atomic mass is 16.5. The second-order valence-corrected chi connectivity index (χ2v) is 6.46. The fourth-order valence-corrected chi connectivity index (χ4v) is 2.82. The molecule has 0 heterocycles. The van der Waals surface area contributed by atoms with E-state index >= 15 is 0 Å². The molecule has 1 N–H and O–H groups in total. The third-order valence-electron chi connectivity index (χ3n) is 4.29. The van der Waals surface area contributed by atoms with E-state index in [-0.39, 0.29) is 24.8 Å². The molecule has 0 aliphatic heterocycles. The van der Waals surface area contributed by atoms with Crippen LogP contribution in [-0.2, 0) is 16.0 Å². The van der Waals surface area contributed by atoms with Gasteiger partial charge in [-0.15, -0.1) is 6.42 Å². The van der Waals surface area contributed by atoms with Crippen LogP contribution in [0, 0.1) is 12.3 Å². The molecule has 0 radical (unpaired) electrons. The van der Waals surface area contributed by atoms with Gasteiger partial charge in [-0.2, -0.15) is 0 Å². The summed E-state index contributed by atoms with van der Waals surface area (Å²) < 4.78 is 5.35. The van der Waals surface area contributed by atoms with Gasteiger partial charge in [0.1, 0.15) is 18.4 Å². The molecule has 0 saturated heterocycles. The SMILES string of the molecule is C#CCOc1ccc(N(C)C(=O)C(CCC)NC(=O)Cc2ccccc2)cc1. The number of hydrogen-bond acceptors (Lipinski definition) is 3. The topological polar surface area (TPSA) is 58.6 Å². The Morgan fingerprint density at radius 1 is 1.14 bits per heavy atom. The maximum atomic E-state index is 12.9. The highest BCUT2D eigenvalue weighted by Crippen LogP contribution is 2.19. The Morgan fingerprint density at radius 3 is 2.43 bits per heavy atom. The first kappa shape index (κ1) is 21.0. The maximum absolute atomic E-state index is 12.9. The van der Waals surface area contributed by atoms with Crippen molar-refractivity contribution in [3.05, 3.63) is 60.2 Å². The van der Waals surface area contributed by atoms with Crippen molar-refractivity contribution in [3.63, 3.8) is 0 Å². The number of terminal acetylenes is 1. The van der Waals surface area contributed by atoms with Crippen LogP contribution >= 0.6 is 0 Å². The second-order valence-electron chi connectivity index (χ2n) is 6.46. The van der Waals surface area contributed by atoms with Crippen molar-refractivity contribution in [2.24, 2.45) is 0 Å². The lowest BCUT2D eigenvalue weighted by Gasteiger charge is -2.24. The van der Waals surface area contributed by atoms with E-state index in [0.717, 1.165) is 17.7 Å². The van der Waals surface area contributed by atoms with E-state index in [1.54, 1.807) is 36.2 Å². The molecule has 2 aromatic rings. The fraction of sp³-hybridized carbons (Fsp3) is 0.304. The Morgan fingerprint density at radius 2 is 1.82 bits per heavy atom. The summed E-state index contributed by atoms with van der Waals surface area (Å²) in [7, 11) is 1.70. The summed E-state index contributed by atoms with van der Waals surface area (Å²) in [5, 5.41) is 2.88. The normalized spacial score (nSPS) is 11.2. The standard InChI is InChI=1S/C23H26N2O3/c1-4-9-21(24-22(26)17-18-10-7-6-8-11-18)23(27)25(3)19-12-14-20(15-13-19)28-16-5-2/h2,6-8,10-15,21H,4,9,16-17H2,1,3H3,(H,24,26). The van der Waals surface area contributed by atoms with Gasteiger partial charge in [-0.25, -0.2) is 0 Å². The Hall–Kier alpha value is -3.26. The van der Waals surface area contributed by atoms with Gasteiger partial charge >= 0.3 is 0 Å². The zero-order chi connectivity index (χ0) is 20.4. The predicted molar refractivity (Wildman–Crippen MR) is 111 cm³/mol. The van der Waals surface area contributed by atoms with E-state index in [2.05, 4.69) is 11.2 Å². The lowest BCUT2D eigenvalue weighted by Crippen LogP contribution is -2.47. The Kier molecular flexibility index (Phi) is 8.11. The lowest BCUT2D eigenvalue weighted by atomic mass is 10.1. The van der Waals surface area contributed by atoms with Gasteiger partial charge < -0.3 is 15.0 Å². The summed E-state index contributed by atoms with van der Waals surface area (Å²) in [6.07, 6.45) is 6.79. The molecule has 5 nitrogen and oxygen atoms in total. The van der Waals surface area contributed by atoms with Crippen molar-refractivity contribution in [3.8, 4) is 18.1 Å². The van der Waals surface area contributed by atoms with Crippen molar-refractivity contribution in [2.45, 2.75) is 32.2 Å². The Labute approximate surface area is 166 Å². The van der Waals surface area contributed by atoms with E-state index in [4.69, 9.17) is 11.2 Å². The highest BCUT2D eigenvalue weighted by molar-refractivity contribution is 5.99. The van der Waals surface area contributed by atoms with Gasteiger partial charge in [0, 0.05) is 12.7 Å². The van der Waals surface area contributed by atoms with Crippen LogP contribution in [0.4, 0.5) is 5.69 Å². The van der Waals surface area contributed by atoms with E-state index in [1.165, 1.54) is 0 Å². The molecule has 2 amide bonds. The van der Waals surface area contributed by atoms with Gasteiger partial charge in [0.25, 0.3) is 0 Å². The van der Waals surface area contributed by atoms with Crippen molar-refractivity contribution in [1.29, 1.82) is 0 Å². The summed E-state index contributed by atoms with van der Waals surface area (Å²) in [4.78, 5) is 26.9. The van der Waals surface area contributed by atoms with Crippen LogP contribution in [0.2, 0.25) is 0 Å². The summed E-state index contributed by atoms with van der Waals surface area (Å²) in [6.45, 7) is 2.18. The summed E-state index contributed by atoms with van der Waals surface area (Å²) >= 11 is 0. The van der Waals surface area contributed by atoms with Crippen molar-refractivity contribution in [2.75, 3.05) is 18.6 Å². The van der Waals surface area contributed by atoms with Gasteiger partial charge in [0.05, 0.1) is 6.42 Å². The molecule has 28 heavy (non-hydrogen) atoms. The minimum Gasteiger partial charge on any atom is -0.481 e. The lowest BCUT2D eigenvalue weighted by molar-refractivity contribution is -0.127. The van der Waals surface area contributed by atoms with Crippen molar-refractivity contribution in [1.82, 2.24) is 5.32 Å².